The average Bonchev–Trinajstić information content (AvgIpc) is 2.35. The Bertz CT molecular complexity index is 287. The summed E-state index contributed by atoms with van der Waals surface area (Å²) < 4.78 is 0. The Morgan fingerprint density at radius 3 is 3.18 bits per heavy atom. The minimum atomic E-state index is -0.399. The number of fused-ring (bicyclic) bond motifs is 1. The van der Waals surface area contributed by atoms with Gasteiger partial charge in [-0.05, 0) is 24.5 Å². The van der Waals surface area contributed by atoms with Crippen molar-refractivity contribution in [3.05, 3.63) is 28.5 Å². The highest BCUT2D eigenvalue weighted by Gasteiger charge is 2.23. The van der Waals surface area contributed by atoms with E-state index in [1.165, 1.54) is 0 Å². The van der Waals surface area contributed by atoms with Gasteiger partial charge in [-0.3, -0.25) is 4.98 Å². The molecule has 0 radical (unpaired) electrons. The minimum absolute atomic E-state index is 0.399. The van der Waals surface area contributed by atoms with Crippen LogP contribution in [0, 0.1) is 0 Å². The van der Waals surface area contributed by atoms with Crippen molar-refractivity contribution in [2.45, 2.75) is 18.9 Å². The Labute approximate surface area is 69.8 Å². The molecule has 1 aliphatic carbocycles. The molecule has 1 atom stereocenters. The third kappa shape index (κ3) is 1.03. The molecule has 0 spiro atoms. The molecule has 0 bridgehead atoms. The van der Waals surface area contributed by atoms with E-state index >= 15 is 0 Å². The summed E-state index contributed by atoms with van der Waals surface area (Å²) in [7, 11) is 0. The van der Waals surface area contributed by atoms with Gasteiger partial charge in [0.25, 0.3) is 0 Å². The van der Waals surface area contributed by atoms with Gasteiger partial charge in [0, 0.05) is 11.2 Å². The normalized spacial score (nSPS) is 21.8. The van der Waals surface area contributed by atoms with Gasteiger partial charge in [-0.15, -0.1) is 0 Å². The summed E-state index contributed by atoms with van der Waals surface area (Å²) in [5.74, 6) is 0. The van der Waals surface area contributed by atoms with Gasteiger partial charge in [-0.2, -0.15) is 0 Å². The highest BCUT2D eigenvalue weighted by atomic mass is 35.5. The molecule has 0 aromatic carbocycles. The Hall–Kier alpha value is -0.600. The first-order valence-corrected chi connectivity index (χ1v) is 3.98. The van der Waals surface area contributed by atoms with Crippen LogP contribution in [0.5, 0.6) is 0 Å². The summed E-state index contributed by atoms with van der Waals surface area (Å²) in [6.07, 6.45) is 2.84. The highest BCUT2D eigenvalue weighted by Crippen LogP contribution is 2.33. The molecule has 0 fully saturated rings. The lowest BCUT2D eigenvalue weighted by molar-refractivity contribution is 0.176. The van der Waals surface area contributed by atoms with Crippen LogP contribution in [-0.2, 0) is 6.42 Å². The second kappa shape index (κ2) is 2.47. The van der Waals surface area contributed by atoms with E-state index in [1.54, 1.807) is 12.3 Å². The maximum absolute atomic E-state index is 9.38. The predicted molar refractivity (Wildman–Crippen MR) is 42.5 cm³/mol. The lowest BCUT2D eigenvalue weighted by atomic mass is 10.2. The fraction of sp³-hybridized carbons (Fsp3) is 0.375. The third-order valence-electron chi connectivity index (χ3n) is 2.02. The zero-order valence-electron chi connectivity index (χ0n) is 5.92. The second-order valence-corrected chi connectivity index (χ2v) is 3.12. The molecule has 11 heavy (non-hydrogen) atoms. The Kier molecular flexibility index (Phi) is 1.59. The van der Waals surface area contributed by atoms with E-state index < -0.39 is 6.10 Å². The first-order valence-electron chi connectivity index (χ1n) is 3.60. The number of halogens is 1. The van der Waals surface area contributed by atoms with Crippen molar-refractivity contribution in [2.24, 2.45) is 0 Å². The summed E-state index contributed by atoms with van der Waals surface area (Å²) in [6, 6.07) is 1.76. The molecule has 0 saturated heterocycles. The first kappa shape index (κ1) is 7.07. The van der Waals surface area contributed by atoms with Gasteiger partial charge in [0.1, 0.15) is 0 Å². The number of aliphatic hydroxyl groups is 1. The van der Waals surface area contributed by atoms with E-state index in [2.05, 4.69) is 4.98 Å². The van der Waals surface area contributed by atoms with Crippen molar-refractivity contribution < 1.29 is 5.11 Å². The highest BCUT2D eigenvalue weighted by molar-refractivity contribution is 6.31. The van der Waals surface area contributed by atoms with E-state index in [4.69, 9.17) is 11.6 Å². The SMILES string of the molecule is O[C@@H]1CCc2c(Cl)ccnc21. The molecule has 58 valence electrons. The van der Waals surface area contributed by atoms with Crippen molar-refractivity contribution in [1.29, 1.82) is 0 Å². The Morgan fingerprint density at radius 1 is 1.64 bits per heavy atom. The van der Waals surface area contributed by atoms with Crippen molar-refractivity contribution in [3.63, 3.8) is 0 Å². The number of aliphatic hydroxyl groups excluding tert-OH is 1. The number of aromatic nitrogens is 1. The molecule has 1 aromatic rings. The lowest BCUT2D eigenvalue weighted by Gasteiger charge is -2.01. The van der Waals surface area contributed by atoms with Crippen LogP contribution in [0.1, 0.15) is 23.8 Å². The van der Waals surface area contributed by atoms with Crippen LogP contribution in [0.4, 0.5) is 0 Å². The van der Waals surface area contributed by atoms with E-state index in [9.17, 15) is 5.11 Å². The number of pyridine rings is 1. The lowest BCUT2D eigenvalue weighted by Crippen LogP contribution is -1.93. The molecular weight excluding hydrogens is 162 g/mol. The zero-order chi connectivity index (χ0) is 7.84. The van der Waals surface area contributed by atoms with E-state index in [-0.39, 0.29) is 0 Å². The Balaban J connectivity index is 2.57. The van der Waals surface area contributed by atoms with Crippen LogP contribution < -0.4 is 0 Å². The molecular formula is C8H8ClNO. The van der Waals surface area contributed by atoms with Crippen LogP contribution in [-0.4, -0.2) is 10.1 Å². The van der Waals surface area contributed by atoms with Gasteiger partial charge < -0.3 is 5.11 Å². The Morgan fingerprint density at radius 2 is 2.45 bits per heavy atom. The molecule has 0 aliphatic heterocycles. The number of nitrogens with zero attached hydrogens (tertiary/aromatic N) is 1. The van der Waals surface area contributed by atoms with Crippen LogP contribution >= 0.6 is 11.6 Å². The van der Waals surface area contributed by atoms with Crippen LogP contribution in [0.3, 0.4) is 0 Å². The molecule has 1 aromatic heterocycles. The van der Waals surface area contributed by atoms with Gasteiger partial charge in [0.2, 0.25) is 0 Å². The van der Waals surface area contributed by atoms with Crippen LogP contribution in [0.15, 0.2) is 12.3 Å². The standard InChI is InChI=1S/C8H8ClNO/c9-6-3-4-10-8-5(6)1-2-7(8)11/h3-4,7,11H,1-2H2/t7-/m1/s1. The van der Waals surface area contributed by atoms with Crippen molar-refractivity contribution in [2.75, 3.05) is 0 Å². The summed E-state index contributed by atoms with van der Waals surface area (Å²) >= 11 is 5.88. The van der Waals surface area contributed by atoms with E-state index in [1.807, 2.05) is 0 Å². The van der Waals surface area contributed by atoms with Crippen molar-refractivity contribution >= 4 is 11.6 Å². The second-order valence-electron chi connectivity index (χ2n) is 2.71. The summed E-state index contributed by atoms with van der Waals surface area (Å²) in [4.78, 5) is 4.07. The molecule has 1 heterocycles. The summed E-state index contributed by atoms with van der Waals surface area (Å²) in [5.41, 5.74) is 1.78. The molecule has 0 unspecified atom stereocenters. The molecule has 2 nitrogen and oxygen atoms in total. The van der Waals surface area contributed by atoms with Gasteiger partial charge in [-0.25, -0.2) is 0 Å². The number of hydrogen-bond acceptors (Lipinski definition) is 2. The van der Waals surface area contributed by atoms with Crippen LogP contribution in [0.2, 0.25) is 5.02 Å². The average molecular weight is 170 g/mol. The molecule has 3 heteroatoms. The third-order valence-corrected chi connectivity index (χ3v) is 2.37. The van der Waals surface area contributed by atoms with Gasteiger partial charge >= 0.3 is 0 Å². The van der Waals surface area contributed by atoms with Gasteiger partial charge in [-0.1, -0.05) is 11.6 Å². The fourth-order valence-electron chi connectivity index (χ4n) is 1.44. The molecule has 2 rings (SSSR count). The number of hydrogen-bond donors (Lipinski definition) is 1. The van der Waals surface area contributed by atoms with Crippen molar-refractivity contribution in [1.82, 2.24) is 4.98 Å². The molecule has 0 saturated carbocycles. The van der Waals surface area contributed by atoms with E-state index in [0.717, 1.165) is 29.1 Å². The molecule has 1 aliphatic rings. The largest absolute Gasteiger partial charge is 0.387 e. The smallest absolute Gasteiger partial charge is 0.0966 e. The zero-order valence-corrected chi connectivity index (χ0v) is 6.67. The quantitative estimate of drug-likeness (QED) is 0.642. The fourth-order valence-corrected chi connectivity index (χ4v) is 1.68. The van der Waals surface area contributed by atoms with E-state index in [0.29, 0.717) is 0 Å². The maximum atomic E-state index is 9.38. The maximum Gasteiger partial charge on any atom is 0.0966 e. The van der Waals surface area contributed by atoms with Crippen molar-refractivity contribution in [3.8, 4) is 0 Å². The minimum Gasteiger partial charge on any atom is -0.387 e. The van der Waals surface area contributed by atoms with Gasteiger partial charge in [0.05, 0.1) is 11.8 Å². The summed E-state index contributed by atoms with van der Waals surface area (Å²) in [6.45, 7) is 0. The van der Waals surface area contributed by atoms with Crippen LogP contribution in [0.25, 0.3) is 0 Å². The predicted octanol–water partition coefficient (Wildman–Crippen LogP) is 1.71. The molecule has 1 N–H and O–H groups in total. The number of rotatable bonds is 0. The topological polar surface area (TPSA) is 33.1 Å². The first-order chi connectivity index (χ1) is 5.29. The van der Waals surface area contributed by atoms with Gasteiger partial charge in [0.15, 0.2) is 0 Å². The monoisotopic (exact) mass is 169 g/mol. The summed E-state index contributed by atoms with van der Waals surface area (Å²) in [5, 5.41) is 10.1. The molecule has 0 amide bonds.